The lowest BCUT2D eigenvalue weighted by atomic mass is 9.78. The minimum atomic E-state index is -0.107. The summed E-state index contributed by atoms with van der Waals surface area (Å²) < 4.78 is 16.3. The van der Waals surface area contributed by atoms with Crippen molar-refractivity contribution in [1.82, 2.24) is 14.7 Å². The van der Waals surface area contributed by atoms with Gasteiger partial charge in [0, 0.05) is 71.2 Å². The van der Waals surface area contributed by atoms with E-state index in [0.717, 1.165) is 83.8 Å². The minimum absolute atomic E-state index is 0.0669. The highest BCUT2D eigenvalue weighted by molar-refractivity contribution is 7.97. The summed E-state index contributed by atoms with van der Waals surface area (Å²) in [6, 6.07) is 94.7. The molecule has 9 heteroatoms. The van der Waals surface area contributed by atoms with Crippen LogP contribution >= 0.6 is 0 Å². The highest BCUT2D eigenvalue weighted by Crippen LogP contribution is 2.39. The van der Waals surface area contributed by atoms with Gasteiger partial charge in [0.1, 0.15) is 0 Å². The van der Waals surface area contributed by atoms with E-state index in [2.05, 4.69) is 290 Å². The van der Waals surface area contributed by atoms with Crippen molar-refractivity contribution in [2.24, 2.45) is 5.92 Å². The van der Waals surface area contributed by atoms with Crippen LogP contribution in [0, 0.1) is 5.92 Å². The maximum Gasteiger partial charge on any atom is 0.171 e. The molecule has 0 radical (unpaired) electrons. The summed E-state index contributed by atoms with van der Waals surface area (Å²) in [4.78, 5) is 20.3. The van der Waals surface area contributed by atoms with E-state index in [-0.39, 0.29) is 32.7 Å². The molecule has 2 fully saturated rings. The monoisotopic (exact) mass is 1270 g/mol. The third-order valence-electron chi connectivity index (χ3n) is 17.6. The van der Waals surface area contributed by atoms with E-state index in [1.807, 2.05) is 0 Å². The van der Waals surface area contributed by atoms with Crippen molar-refractivity contribution < 1.29 is 14.2 Å². The summed E-state index contributed by atoms with van der Waals surface area (Å²) in [7, 11) is 5.07. The van der Waals surface area contributed by atoms with Gasteiger partial charge in [-0.1, -0.05) is 185 Å². The molecule has 476 valence electrons. The smallest absolute Gasteiger partial charge is 0.171 e. The second-order valence-corrected chi connectivity index (χ2v) is 29.9. The highest BCUT2D eigenvalue weighted by atomic mass is 32.2. The number of ether oxygens (including phenoxy) is 3. The molecule has 0 bridgehead atoms. The molecule has 4 unspecified atom stereocenters. The molecule has 0 spiro atoms. The highest BCUT2D eigenvalue weighted by Gasteiger charge is 2.37. The standard InChI is InChI=1S/C28H32NS.C27H34NO2S.C27H34NOS/c1-3-15-25(16-4-1)30(26-17-5-2-6-18-26)28-20-10-8-13-24(28)22-29-21-11-14-23-12-7-9-19-27(23)29;1-4-24(22-30-3)28(19-20-29-2)21-23-15-17-27(18-16-23)31(25-11-7-5-8-12-25)26-13-9-6-10-14-26;1-4-19-28(24(5-2)22-29-3)21-23-13-12-18-27(20-23)30(25-14-8-6-9-15-25)26-16-10-7-11-17-26/h1-6,8,10,13,15-18,20,23,27H,7,9,11-12,14,19,21-22H2;5-18,24H,4,19-22H2,1-3H3;6-18,20,24H,4-5,19,21-22H2,1-3H3/q3*+1. The van der Waals surface area contributed by atoms with Gasteiger partial charge in [0.15, 0.2) is 44.1 Å². The summed E-state index contributed by atoms with van der Waals surface area (Å²) in [6.45, 7) is 15.2. The number of methoxy groups -OCH3 is 3. The first-order chi connectivity index (χ1) is 44.9. The lowest BCUT2D eigenvalue weighted by Gasteiger charge is -2.44. The van der Waals surface area contributed by atoms with Crippen LogP contribution in [0.4, 0.5) is 0 Å². The predicted octanol–water partition coefficient (Wildman–Crippen LogP) is 19.0. The molecule has 9 aromatic carbocycles. The lowest BCUT2D eigenvalue weighted by molar-refractivity contribution is 0.0541. The van der Waals surface area contributed by atoms with Crippen LogP contribution in [0.2, 0.25) is 0 Å². The average Bonchev–Trinajstić information content (AvgIpc) is 2.01. The number of fused-ring (bicyclic) bond motifs is 1. The summed E-state index contributed by atoms with van der Waals surface area (Å²) >= 11 is 0. The first-order valence-electron chi connectivity index (χ1n) is 33.4. The predicted molar refractivity (Wildman–Crippen MR) is 385 cm³/mol. The van der Waals surface area contributed by atoms with E-state index in [1.165, 1.54) is 106 Å². The molecule has 0 aromatic heterocycles. The van der Waals surface area contributed by atoms with E-state index in [0.29, 0.717) is 12.1 Å². The lowest BCUT2D eigenvalue weighted by Crippen LogP contribution is -2.46. The SMILES string of the molecule is CCC(COC)N(CCOC)Cc1ccc([S+](c2ccccc2)c2ccccc2)cc1.CCCN(Cc1cccc([S+](c2ccccc2)c2ccccc2)c1)C(CC)COC.c1ccc([S+](c2ccccc2)c2ccccc2CN2CCCC3CCCCC32)cc1. The van der Waals surface area contributed by atoms with Gasteiger partial charge in [-0.15, -0.1) is 0 Å². The van der Waals surface area contributed by atoms with Crippen LogP contribution in [0.3, 0.4) is 0 Å². The second-order valence-electron chi connectivity index (χ2n) is 23.9. The normalized spacial score (nSPS) is 15.6. The van der Waals surface area contributed by atoms with E-state index in [1.54, 1.807) is 21.3 Å². The van der Waals surface area contributed by atoms with Crippen molar-refractivity contribution in [3.8, 4) is 0 Å². The summed E-state index contributed by atoms with van der Waals surface area (Å²) in [5.41, 5.74) is 4.21. The fourth-order valence-electron chi connectivity index (χ4n) is 13.1. The van der Waals surface area contributed by atoms with Crippen molar-refractivity contribution >= 4 is 32.7 Å². The Balaban J connectivity index is 0.000000162. The third-order valence-corrected chi connectivity index (χ3v) is 24.4. The first-order valence-corrected chi connectivity index (χ1v) is 37.1. The fourth-order valence-corrected chi connectivity index (χ4v) is 19.6. The summed E-state index contributed by atoms with van der Waals surface area (Å²) in [5, 5.41) is 0. The van der Waals surface area contributed by atoms with E-state index in [9.17, 15) is 0 Å². The molecule has 1 saturated heterocycles. The van der Waals surface area contributed by atoms with Crippen LogP contribution in [-0.2, 0) is 66.5 Å². The molecule has 11 rings (SSSR count). The molecule has 4 atom stereocenters. The molecule has 91 heavy (non-hydrogen) atoms. The Morgan fingerprint density at radius 1 is 0.407 bits per heavy atom. The van der Waals surface area contributed by atoms with Crippen LogP contribution in [0.15, 0.2) is 299 Å². The molecule has 1 aliphatic heterocycles. The van der Waals surface area contributed by atoms with Crippen molar-refractivity contribution in [3.63, 3.8) is 0 Å². The number of piperidine rings is 1. The Morgan fingerprint density at radius 3 is 1.31 bits per heavy atom. The Hall–Kier alpha value is -6.21. The zero-order valence-electron chi connectivity index (χ0n) is 55.1. The van der Waals surface area contributed by atoms with Gasteiger partial charge in [0.05, 0.1) is 52.5 Å². The molecule has 1 saturated carbocycles. The van der Waals surface area contributed by atoms with Crippen LogP contribution < -0.4 is 0 Å². The molecular formula is C82H100N3O3S3+3. The zero-order chi connectivity index (χ0) is 63.2. The topological polar surface area (TPSA) is 37.4 Å². The van der Waals surface area contributed by atoms with Crippen LogP contribution in [-0.4, -0.2) is 93.6 Å². The van der Waals surface area contributed by atoms with Crippen molar-refractivity contribution in [2.75, 3.05) is 60.8 Å². The summed E-state index contributed by atoms with van der Waals surface area (Å²) in [5.74, 6) is 0.932. The number of likely N-dealkylation sites (tertiary alicyclic amines) is 1. The zero-order valence-corrected chi connectivity index (χ0v) is 57.5. The molecule has 0 amide bonds. The van der Waals surface area contributed by atoms with Crippen molar-refractivity contribution in [1.29, 1.82) is 0 Å². The maximum absolute atomic E-state index is 5.50. The number of nitrogens with zero attached hydrogens (tertiary/aromatic N) is 3. The molecule has 9 aromatic rings. The molecule has 0 N–H and O–H groups in total. The largest absolute Gasteiger partial charge is 0.383 e. The van der Waals surface area contributed by atoms with Gasteiger partial charge in [-0.2, -0.15) is 0 Å². The Morgan fingerprint density at radius 2 is 0.824 bits per heavy atom. The number of rotatable bonds is 28. The average molecular weight is 1270 g/mol. The first kappa shape index (κ1) is 69.1. The van der Waals surface area contributed by atoms with Crippen molar-refractivity contribution in [3.05, 3.63) is 271 Å². The van der Waals surface area contributed by atoms with Gasteiger partial charge in [-0.3, -0.25) is 14.7 Å². The molecule has 1 aliphatic carbocycles. The van der Waals surface area contributed by atoms with E-state index in [4.69, 9.17) is 14.2 Å². The quantitative estimate of drug-likeness (QED) is 0.0455. The molecule has 1 heterocycles. The van der Waals surface area contributed by atoms with Gasteiger partial charge in [0.25, 0.3) is 0 Å². The number of hydrogen-bond acceptors (Lipinski definition) is 6. The van der Waals surface area contributed by atoms with Gasteiger partial charge in [-0.05, 0) is 178 Å². The Bertz CT molecular complexity index is 3280. The van der Waals surface area contributed by atoms with Crippen LogP contribution in [0.25, 0.3) is 0 Å². The van der Waals surface area contributed by atoms with Gasteiger partial charge < -0.3 is 14.2 Å². The van der Waals surface area contributed by atoms with Gasteiger partial charge in [-0.25, -0.2) is 0 Å². The Kier molecular flexibility index (Phi) is 28.9. The van der Waals surface area contributed by atoms with Crippen molar-refractivity contribution in [2.45, 2.75) is 160 Å². The maximum atomic E-state index is 5.50. The molecule has 6 nitrogen and oxygen atoms in total. The van der Waals surface area contributed by atoms with Crippen LogP contribution in [0.5, 0.6) is 0 Å². The second kappa shape index (κ2) is 38.1. The molecule has 2 aliphatic rings. The Labute approximate surface area is 556 Å². The van der Waals surface area contributed by atoms with Gasteiger partial charge in [0.2, 0.25) is 0 Å². The van der Waals surface area contributed by atoms with E-state index >= 15 is 0 Å². The van der Waals surface area contributed by atoms with Crippen LogP contribution in [0.1, 0.15) is 95.2 Å². The van der Waals surface area contributed by atoms with E-state index < -0.39 is 0 Å². The van der Waals surface area contributed by atoms with Gasteiger partial charge >= 0.3 is 0 Å². The molecular weight excluding hydrogens is 1170 g/mol. The summed E-state index contributed by atoms with van der Waals surface area (Å²) in [6.07, 6.45) is 11.8. The fraction of sp³-hybridized carbons (Fsp3) is 0.341. The third kappa shape index (κ3) is 20.1. The number of benzene rings is 9. The minimum Gasteiger partial charge on any atom is -0.383 e. The number of hydrogen-bond donors (Lipinski definition) is 0.